The molecule has 0 fully saturated rings. The number of pyridine rings is 1. The number of hydrogen-bond donors (Lipinski definition) is 2. The summed E-state index contributed by atoms with van der Waals surface area (Å²) in [6.45, 7) is 2.01. The number of aromatic nitrogens is 1. The molecule has 0 aliphatic rings. The van der Waals surface area contributed by atoms with Gasteiger partial charge in [-0.3, -0.25) is 4.79 Å². The lowest BCUT2D eigenvalue weighted by molar-refractivity contribution is 0.100. The lowest BCUT2D eigenvalue weighted by Crippen LogP contribution is -2.24. The monoisotopic (exact) mass is 340 g/mol. The molecule has 3 aromatic rings. The van der Waals surface area contributed by atoms with Crippen LogP contribution in [0.1, 0.15) is 15.9 Å². The van der Waals surface area contributed by atoms with Crippen molar-refractivity contribution in [3.63, 3.8) is 0 Å². The van der Waals surface area contributed by atoms with E-state index in [1.54, 1.807) is 6.07 Å². The summed E-state index contributed by atoms with van der Waals surface area (Å²) >= 11 is 0. The zero-order valence-electron chi connectivity index (χ0n) is 13.1. The highest BCUT2D eigenvalue weighted by Crippen LogP contribution is 2.25. The summed E-state index contributed by atoms with van der Waals surface area (Å²) in [5, 5.41) is 0.721. The second-order valence-corrected chi connectivity index (χ2v) is 5.28. The van der Waals surface area contributed by atoms with Crippen molar-refractivity contribution in [2.24, 2.45) is 16.5 Å². The fourth-order valence-corrected chi connectivity index (χ4v) is 2.48. The van der Waals surface area contributed by atoms with E-state index in [1.165, 1.54) is 0 Å². The fourth-order valence-electron chi connectivity index (χ4n) is 2.48. The molecule has 0 saturated carbocycles. The van der Waals surface area contributed by atoms with E-state index < -0.39 is 5.91 Å². The lowest BCUT2D eigenvalue weighted by atomic mass is 10.0. The van der Waals surface area contributed by atoms with Gasteiger partial charge in [0.25, 0.3) is 5.91 Å². The number of carbonyl (C=O) groups is 1. The van der Waals surface area contributed by atoms with Crippen LogP contribution in [-0.2, 0) is 0 Å². The molecule has 0 aliphatic carbocycles. The van der Waals surface area contributed by atoms with Gasteiger partial charge in [0, 0.05) is 10.9 Å². The topological polar surface area (TPSA) is 94.4 Å². The zero-order chi connectivity index (χ0) is 16.4. The quantitative estimate of drug-likeness (QED) is 0.553. The van der Waals surface area contributed by atoms with Gasteiger partial charge in [-0.05, 0) is 25.1 Å². The summed E-state index contributed by atoms with van der Waals surface area (Å²) in [5.41, 5.74) is 14.6. The molecule has 0 atom stereocenters. The van der Waals surface area contributed by atoms with Crippen LogP contribution >= 0.6 is 12.4 Å². The Morgan fingerprint density at radius 3 is 2.50 bits per heavy atom. The first kappa shape index (κ1) is 17.4. The number of carbonyl (C=O) groups excluding carboxylic acids is 1. The maximum atomic E-state index is 12.3. The van der Waals surface area contributed by atoms with E-state index in [1.807, 2.05) is 55.5 Å². The number of nitrogens with two attached hydrogens (primary N) is 2. The Morgan fingerprint density at radius 1 is 1.04 bits per heavy atom. The molecule has 5 nitrogen and oxygen atoms in total. The number of guanidine groups is 1. The van der Waals surface area contributed by atoms with E-state index in [-0.39, 0.29) is 18.4 Å². The first-order chi connectivity index (χ1) is 11.0. The molecule has 0 bridgehead atoms. The molecular weight excluding hydrogens is 324 g/mol. The minimum atomic E-state index is -0.475. The van der Waals surface area contributed by atoms with Crippen LogP contribution in [-0.4, -0.2) is 16.9 Å². The third-order valence-corrected chi connectivity index (χ3v) is 3.49. The largest absolute Gasteiger partial charge is 0.370 e. The van der Waals surface area contributed by atoms with Gasteiger partial charge in [-0.2, -0.15) is 4.99 Å². The predicted molar refractivity (Wildman–Crippen MR) is 99.3 cm³/mol. The maximum Gasteiger partial charge on any atom is 0.280 e. The van der Waals surface area contributed by atoms with Crippen LogP contribution in [0.25, 0.3) is 22.2 Å². The molecule has 6 heteroatoms. The van der Waals surface area contributed by atoms with E-state index in [0.29, 0.717) is 11.3 Å². The Labute approximate surface area is 145 Å². The normalized spacial score (nSPS) is 10.0. The SMILES string of the molecule is Cc1cccc(-c2cc(C(=O)N=C(N)N)c3ccccc3n2)c1.Cl. The van der Waals surface area contributed by atoms with Crippen LogP contribution in [0.2, 0.25) is 0 Å². The van der Waals surface area contributed by atoms with Crippen LogP contribution in [0.3, 0.4) is 0 Å². The highest BCUT2D eigenvalue weighted by molar-refractivity contribution is 6.10. The number of para-hydroxylation sites is 1. The molecular formula is C18H17ClN4O. The minimum Gasteiger partial charge on any atom is -0.370 e. The molecule has 0 spiro atoms. The highest BCUT2D eigenvalue weighted by atomic mass is 35.5. The standard InChI is InChI=1S/C18H16N4O.ClH/c1-11-5-4-6-12(9-11)16-10-14(17(23)22-18(19)20)13-7-2-3-8-15(13)21-16;/h2-10H,1H3,(H4,19,20,22,23);1H. The van der Waals surface area contributed by atoms with Gasteiger partial charge in [-0.25, -0.2) is 4.98 Å². The summed E-state index contributed by atoms with van der Waals surface area (Å²) in [5.74, 6) is -0.731. The molecule has 1 heterocycles. The summed E-state index contributed by atoms with van der Waals surface area (Å²) in [6, 6.07) is 17.1. The molecule has 0 radical (unpaired) electrons. The molecule has 1 amide bonds. The fraction of sp³-hybridized carbons (Fsp3) is 0.0556. The number of benzene rings is 2. The second-order valence-electron chi connectivity index (χ2n) is 5.28. The second kappa shape index (κ2) is 7.10. The minimum absolute atomic E-state index is 0. The Hall–Kier alpha value is -2.92. The lowest BCUT2D eigenvalue weighted by Gasteiger charge is -2.08. The number of hydrogen-bond acceptors (Lipinski definition) is 2. The van der Waals surface area contributed by atoms with Crippen molar-refractivity contribution in [2.45, 2.75) is 6.92 Å². The Kier molecular flexibility index (Phi) is 5.16. The number of halogens is 1. The summed E-state index contributed by atoms with van der Waals surface area (Å²) in [4.78, 5) is 20.6. The van der Waals surface area contributed by atoms with Crippen molar-refractivity contribution in [3.8, 4) is 11.3 Å². The average Bonchev–Trinajstić information content (AvgIpc) is 2.53. The van der Waals surface area contributed by atoms with Gasteiger partial charge in [0.2, 0.25) is 0 Å². The number of rotatable bonds is 2. The first-order valence-electron chi connectivity index (χ1n) is 7.15. The number of fused-ring (bicyclic) bond motifs is 1. The van der Waals surface area contributed by atoms with E-state index in [0.717, 1.165) is 22.0 Å². The van der Waals surface area contributed by atoms with Gasteiger partial charge in [0.05, 0.1) is 16.8 Å². The van der Waals surface area contributed by atoms with E-state index >= 15 is 0 Å². The van der Waals surface area contributed by atoms with Crippen LogP contribution in [0.15, 0.2) is 59.6 Å². The molecule has 4 N–H and O–H groups in total. The van der Waals surface area contributed by atoms with Gasteiger partial charge < -0.3 is 11.5 Å². The van der Waals surface area contributed by atoms with E-state index in [2.05, 4.69) is 9.98 Å². The van der Waals surface area contributed by atoms with Gasteiger partial charge >= 0.3 is 0 Å². The Morgan fingerprint density at radius 2 is 1.79 bits per heavy atom. The predicted octanol–water partition coefficient (Wildman–Crippen LogP) is 3.05. The molecule has 3 rings (SSSR count). The molecule has 0 aliphatic heterocycles. The molecule has 0 saturated heterocycles. The van der Waals surface area contributed by atoms with Crippen LogP contribution in [0.4, 0.5) is 0 Å². The van der Waals surface area contributed by atoms with Gasteiger partial charge in [0.1, 0.15) is 0 Å². The average molecular weight is 341 g/mol. The molecule has 1 aromatic heterocycles. The summed E-state index contributed by atoms with van der Waals surface area (Å²) < 4.78 is 0. The van der Waals surface area contributed by atoms with Crippen molar-refractivity contribution >= 4 is 35.2 Å². The molecule has 0 unspecified atom stereocenters. The van der Waals surface area contributed by atoms with Crippen molar-refractivity contribution in [1.82, 2.24) is 4.98 Å². The molecule has 24 heavy (non-hydrogen) atoms. The van der Waals surface area contributed by atoms with E-state index in [4.69, 9.17) is 11.5 Å². The van der Waals surface area contributed by atoms with Crippen molar-refractivity contribution < 1.29 is 4.79 Å². The van der Waals surface area contributed by atoms with Crippen molar-refractivity contribution in [1.29, 1.82) is 0 Å². The van der Waals surface area contributed by atoms with Crippen LogP contribution in [0.5, 0.6) is 0 Å². The smallest absolute Gasteiger partial charge is 0.280 e. The van der Waals surface area contributed by atoms with Crippen LogP contribution < -0.4 is 11.5 Å². The van der Waals surface area contributed by atoms with Crippen LogP contribution in [0, 0.1) is 6.92 Å². The van der Waals surface area contributed by atoms with Crippen molar-refractivity contribution in [3.05, 3.63) is 65.7 Å². The number of aryl methyl sites for hydroxylation is 1. The molecule has 122 valence electrons. The number of amides is 1. The van der Waals surface area contributed by atoms with Gasteiger partial charge in [0.15, 0.2) is 5.96 Å². The highest BCUT2D eigenvalue weighted by Gasteiger charge is 2.13. The Bertz CT molecular complexity index is 933. The van der Waals surface area contributed by atoms with E-state index in [9.17, 15) is 4.79 Å². The molecule has 2 aromatic carbocycles. The number of nitrogens with zero attached hydrogens (tertiary/aromatic N) is 2. The number of aliphatic imine (C=N–C) groups is 1. The third kappa shape index (κ3) is 3.52. The zero-order valence-corrected chi connectivity index (χ0v) is 13.9. The first-order valence-corrected chi connectivity index (χ1v) is 7.15. The third-order valence-electron chi connectivity index (χ3n) is 3.49. The van der Waals surface area contributed by atoms with Crippen molar-refractivity contribution in [2.75, 3.05) is 0 Å². The van der Waals surface area contributed by atoms with Gasteiger partial charge in [-0.15, -0.1) is 12.4 Å². The Balaban J connectivity index is 0.00000208. The summed E-state index contributed by atoms with van der Waals surface area (Å²) in [6.07, 6.45) is 0. The maximum absolute atomic E-state index is 12.3. The summed E-state index contributed by atoms with van der Waals surface area (Å²) in [7, 11) is 0. The van der Waals surface area contributed by atoms with Gasteiger partial charge in [-0.1, -0.05) is 42.0 Å².